The molecule has 1 aliphatic rings. The van der Waals surface area contributed by atoms with Crippen molar-refractivity contribution in [1.29, 1.82) is 0 Å². The second-order valence-corrected chi connectivity index (χ2v) is 1.14. The molecule has 0 spiro atoms. The molecule has 0 N–H and O–H groups in total. The maximum atomic E-state index is 4.71. The molecule has 1 aliphatic heterocycles. The molecule has 0 aromatic heterocycles. The molecule has 0 aromatic carbocycles. The number of rotatable bonds is 0. The minimum Gasteiger partial charge on any atom is -1.00 e. The summed E-state index contributed by atoms with van der Waals surface area (Å²) >= 11 is 0. The van der Waals surface area contributed by atoms with Gasteiger partial charge < -0.3 is 16.1 Å². The Kier molecular flexibility index (Phi) is 7.87. The van der Waals surface area contributed by atoms with Gasteiger partial charge >= 0.3 is 43.4 Å². The number of hydrogen-bond acceptors (Lipinski definition) is 1. The third-order valence-electron chi connectivity index (χ3n) is 0.500. The van der Waals surface area contributed by atoms with E-state index in [0.717, 1.165) is 6.61 Å². The van der Waals surface area contributed by atoms with Crippen molar-refractivity contribution in [2.24, 2.45) is 0 Å². The van der Waals surface area contributed by atoms with E-state index in [1.165, 1.54) is 0 Å². The van der Waals surface area contributed by atoms with Gasteiger partial charge in [-0.2, -0.15) is 0 Å². The van der Waals surface area contributed by atoms with Gasteiger partial charge in [-0.3, -0.25) is 0 Å². The molecule has 3 heteroatoms. The Morgan fingerprint density at radius 3 is 1.83 bits per heavy atom. The van der Waals surface area contributed by atoms with Crippen molar-refractivity contribution in [3.8, 4) is 0 Å². The van der Waals surface area contributed by atoms with Crippen LogP contribution in [-0.4, -0.2) is 12.7 Å². The van der Waals surface area contributed by atoms with Crippen LogP contribution in [0.25, 0.3) is 0 Å². The van der Waals surface area contributed by atoms with Crippen LogP contribution in [0.5, 0.6) is 0 Å². The van der Waals surface area contributed by atoms with E-state index >= 15 is 0 Å². The molecule has 0 aliphatic carbocycles. The molecule has 1 heterocycles. The van der Waals surface area contributed by atoms with Gasteiger partial charge in [-0.1, -0.05) is 0 Å². The van der Waals surface area contributed by atoms with Crippen molar-refractivity contribution in [2.75, 3.05) is 6.61 Å². The Bertz CT molecular complexity index is 41.8. The van der Waals surface area contributed by atoms with Crippen LogP contribution in [0, 0.1) is 0 Å². The van der Waals surface area contributed by atoms with Gasteiger partial charge in [0.25, 0.3) is 0 Å². The van der Waals surface area contributed by atoms with E-state index in [9.17, 15) is 0 Å². The molecule has 40 valence electrons. The second-order valence-electron chi connectivity index (χ2n) is 1.14. The fraction of sp³-hybridized carbons (Fsp3) is 1.00. The number of hydrogen-bond donors (Lipinski definition) is 0. The molecule has 0 bridgehead atoms. The second kappa shape index (κ2) is 4.55. The molecule has 6 heavy (non-hydrogen) atoms. The van der Waals surface area contributed by atoms with Gasteiger partial charge in [-0.05, 0) is 6.92 Å². The van der Waals surface area contributed by atoms with Crippen LogP contribution in [0.2, 0.25) is 0 Å². The summed E-state index contributed by atoms with van der Waals surface area (Å²) < 4.78 is 4.71. The normalized spacial score (nSPS) is 26.5. The Morgan fingerprint density at radius 1 is 1.67 bits per heavy atom. The summed E-state index contributed by atoms with van der Waals surface area (Å²) in [4.78, 5) is 0. The maximum absolute atomic E-state index is 4.71. The fourth-order valence-corrected chi connectivity index (χ4v) is 0.0962. The molecule has 1 rings (SSSR count). The van der Waals surface area contributed by atoms with E-state index in [1.807, 2.05) is 0 Å². The average molecular weight is 162 g/mol. The molecule has 1 unspecified atom stereocenters. The first-order valence-electron chi connectivity index (χ1n) is 1.51. The molecular formula is C3H14OTi2. The summed E-state index contributed by atoms with van der Waals surface area (Å²) in [7, 11) is 0. The van der Waals surface area contributed by atoms with Crippen LogP contribution < -0.4 is 0 Å². The summed E-state index contributed by atoms with van der Waals surface area (Å²) in [5, 5.41) is 0. The first-order valence-corrected chi connectivity index (χ1v) is 1.51. The summed E-state index contributed by atoms with van der Waals surface area (Å²) in [6.07, 6.45) is 0.583. The number of ether oxygens (including phenoxy) is 1. The van der Waals surface area contributed by atoms with Crippen molar-refractivity contribution < 1.29 is 59.6 Å². The van der Waals surface area contributed by atoms with Crippen molar-refractivity contribution in [3.05, 3.63) is 0 Å². The molecule has 0 radical (unpaired) electrons. The third kappa shape index (κ3) is 5.39. The Morgan fingerprint density at radius 2 is 1.83 bits per heavy atom. The minimum atomic E-state index is 0. The molecular weight excluding hydrogens is 148 g/mol. The smallest absolute Gasteiger partial charge is 1.00 e. The molecule has 0 aromatic rings. The minimum absolute atomic E-state index is 0. The summed E-state index contributed by atoms with van der Waals surface area (Å²) in [5.41, 5.74) is 0. The molecule has 1 fully saturated rings. The predicted octanol–water partition coefficient (Wildman–Crippen LogP) is 1.30. The molecule has 1 saturated heterocycles. The van der Waals surface area contributed by atoms with E-state index in [4.69, 9.17) is 4.74 Å². The Hall–Kier alpha value is 1.39. The van der Waals surface area contributed by atoms with Gasteiger partial charge in [-0.15, -0.1) is 0 Å². The fourth-order valence-electron chi connectivity index (χ4n) is 0.0962. The molecule has 1 atom stereocenters. The standard InChI is InChI=1S/C3H6O.2Ti.8H/c1-3-2-4-3;;;;;;;;;;/h3H,2H2,1H3;;;;;;;;;;/q;2*+4;8*-1. The van der Waals surface area contributed by atoms with Crippen molar-refractivity contribution in [3.63, 3.8) is 0 Å². The van der Waals surface area contributed by atoms with Gasteiger partial charge in [0.15, 0.2) is 0 Å². The quantitative estimate of drug-likeness (QED) is 0.386. The van der Waals surface area contributed by atoms with E-state index in [-0.39, 0.29) is 54.8 Å². The zero-order valence-electron chi connectivity index (χ0n) is 11.7. The van der Waals surface area contributed by atoms with E-state index in [1.54, 1.807) is 0 Å². The molecule has 0 saturated carbocycles. The van der Waals surface area contributed by atoms with E-state index in [2.05, 4.69) is 6.92 Å². The SMILES string of the molecule is CC1CO1.[H-].[H-].[H-].[H-].[H-].[H-].[H-].[H-].[Ti+4].[Ti+4]. The zero-order chi connectivity index (χ0) is 2.99. The van der Waals surface area contributed by atoms with Crippen LogP contribution in [0.15, 0.2) is 0 Å². The van der Waals surface area contributed by atoms with Gasteiger partial charge in [0.1, 0.15) is 0 Å². The maximum Gasteiger partial charge on any atom is 4.00 e. The van der Waals surface area contributed by atoms with Crippen LogP contribution >= 0.6 is 0 Å². The van der Waals surface area contributed by atoms with Gasteiger partial charge in [0.05, 0.1) is 12.7 Å². The third-order valence-corrected chi connectivity index (χ3v) is 0.500. The van der Waals surface area contributed by atoms with E-state index in [0.29, 0.717) is 6.10 Å². The van der Waals surface area contributed by atoms with Crippen LogP contribution in [0.1, 0.15) is 18.3 Å². The topological polar surface area (TPSA) is 12.5 Å². The Labute approximate surface area is 79.5 Å². The largest absolute Gasteiger partial charge is 4.00 e. The predicted molar refractivity (Wildman–Crippen MR) is 24.3 cm³/mol. The van der Waals surface area contributed by atoms with Crippen LogP contribution in [-0.2, 0) is 48.2 Å². The van der Waals surface area contributed by atoms with Crippen molar-refractivity contribution in [2.45, 2.75) is 13.0 Å². The average Bonchev–Trinajstić information content (AvgIpc) is 1.75. The first kappa shape index (κ1) is 10.4. The monoisotopic (exact) mass is 162 g/mol. The van der Waals surface area contributed by atoms with Gasteiger partial charge in [-0.25, -0.2) is 0 Å². The van der Waals surface area contributed by atoms with Crippen LogP contribution in [0.3, 0.4) is 0 Å². The van der Waals surface area contributed by atoms with Gasteiger partial charge in [0, 0.05) is 0 Å². The molecule has 0 amide bonds. The van der Waals surface area contributed by atoms with Crippen LogP contribution in [0.4, 0.5) is 0 Å². The summed E-state index contributed by atoms with van der Waals surface area (Å²) in [6, 6.07) is 0. The zero-order valence-corrected chi connectivity index (χ0v) is 6.82. The summed E-state index contributed by atoms with van der Waals surface area (Å²) in [5.74, 6) is 0. The van der Waals surface area contributed by atoms with Crippen molar-refractivity contribution >= 4 is 0 Å². The van der Waals surface area contributed by atoms with E-state index < -0.39 is 0 Å². The summed E-state index contributed by atoms with van der Waals surface area (Å²) in [6.45, 7) is 3.04. The molecule has 1 nitrogen and oxygen atoms in total. The first-order chi connectivity index (χ1) is 1.89. The van der Waals surface area contributed by atoms with Crippen molar-refractivity contribution in [1.82, 2.24) is 0 Å². The van der Waals surface area contributed by atoms with Gasteiger partial charge in [0.2, 0.25) is 0 Å². The number of epoxide rings is 1. The Balaban J connectivity index is -0.00000000200.